The third-order valence-electron chi connectivity index (χ3n) is 4.54. The van der Waals surface area contributed by atoms with Gasteiger partial charge in [0.1, 0.15) is 6.42 Å². The lowest BCUT2D eigenvalue weighted by Gasteiger charge is -2.26. The monoisotopic (exact) mass is 305 g/mol. The molecule has 2 aromatic carbocycles. The lowest BCUT2D eigenvalue weighted by atomic mass is 9.89. The van der Waals surface area contributed by atoms with Gasteiger partial charge in [-0.2, -0.15) is 0 Å². The van der Waals surface area contributed by atoms with E-state index in [1.807, 2.05) is 18.2 Å². The van der Waals surface area contributed by atoms with Crippen LogP contribution in [-0.2, 0) is 22.4 Å². The number of aryl methyl sites for hydroxylation is 1. The highest BCUT2D eigenvalue weighted by atomic mass is 16.2. The van der Waals surface area contributed by atoms with Crippen molar-refractivity contribution in [2.24, 2.45) is 0 Å². The maximum absolute atomic E-state index is 12.6. The van der Waals surface area contributed by atoms with Gasteiger partial charge < -0.3 is 5.32 Å². The molecule has 4 nitrogen and oxygen atoms in total. The summed E-state index contributed by atoms with van der Waals surface area (Å²) in [6.45, 7) is 0. The second kappa shape index (κ2) is 5.54. The molecule has 2 aliphatic rings. The predicted molar refractivity (Wildman–Crippen MR) is 88.8 cm³/mol. The van der Waals surface area contributed by atoms with Gasteiger partial charge in [-0.25, -0.2) is 0 Å². The second-order valence-corrected chi connectivity index (χ2v) is 6.02. The fourth-order valence-electron chi connectivity index (χ4n) is 3.49. The van der Waals surface area contributed by atoms with Gasteiger partial charge in [0.2, 0.25) is 11.8 Å². The maximum atomic E-state index is 12.6. The van der Waals surface area contributed by atoms with Crippen LogP contribution in [0.4, 0.5) is 17.1 Å². The van der Waals surface area contributed by atoms with Crippen molar-refractivity contribution in [3.63, 3.8) is 0 Å². The second-order valence-electron chi connectivity index (χ2n) is 6.02. The number of carbonyl (C=O) groups is 2. The van der Waals surface area contributed by atoms with Crippen molar-refractivity contribution < 1.29 is 9.59 Å². The molecule has 4 rings (SSSR count). The lowest BCUT2D eigenvalue weighted by Crippen LogP contribution is -2.26. The highest BCUT2D eigenvalue weighted by Crippen LogP contribution is 2.40. The number of nitrogens with zero attached hydrogens (tertiary/aromatic N) is 1. The Morgan fingerprint density at radius 3 is 2.61 bits per heavy atom. The fourth-order valence-corrected chi connectivity index (χ4v) is 3.49. The Morgan fingerprint density at radius 2 is 1.78 bits per heavy atom. The Bertz CT molecular complexity index is 783. The molecule has 4 heteroatoms. The Labute approximate surface area is 135 Å². The van der Waals surface area contributed by atoms with Crippen molar-refractivity contribution in [2.75, 3.05) is 10.2 Å². The van der Waals surface area contributed by atoms with Crippen LogP contribution in [0, 0.1) is 6.07 Å². The Balaban J connectivity index is 1.92. The molecule has 0 atom stereocenters. The number of amides is 2. The minimum atomic E-state index is -0.236. The smallest absolute Gasteiger partial charge is 0.241 e. The summed E-state index contributed by atoms with van der Waals surface area (Å²) in [5.41, 5.74) is 4.82. The number of carbonyl (C=O) groups excluding carboxylic acids is 2. The van der Waals surface area contributed by atoms with Crippen molar-refractivity contribution in [3.8, 4) is 0 Å². The van der Waals surface area contributed by atoms with Gasteiger partial charge in [0.05, 0.1) is 11.4 Å². The highest BCUT2D eigenvalue weighted by molar-refractivity contribution is 6.17. The zero-order chi connectivity index (χ0) is 15.8. The fraction of sp³-hybridized carbons (Fsp3) is 0.263. The van der Waals surface area contributed by atoms with Gasteiger partial charge >= 0.3 is 0 Å². The van der Waals surface area contributed by atoms with Crippen LogP contribution in [0.5, 0.6) is 0 Å². The molecule has 0 fully saturated rings. The van der Waals surface area contributed by atoms with Gasteiger partial charge in [0, 0.05) is 5.69 Å². The SMILES string of the molecule is O=C1CC(=O)N(c2cc[c]cc2)c2ccc3c(c2N1)CCCC3. The molecule has 0 aromatic heterocycles. The predicted octanol–water partition coefficient (Wildman–Crippen LogP) is 3.37. The van der Waals surface area contributed by atoms with Crippen LogP contribution < -0.4 is 10.2 Å². The minimum absolute atomic E-state index is 0.137. The van der Waals surface area contributed by atoms with Crippen molar-refractivity contribution in [1.82, 2.24) is 0 Å². The maximum Gasteiger partial charge on any atom is 0.241 e. The van der Waals surface area contributed by atoms with Gasteiger partial charge in [-0.15, -0.1) is 0 Å². The summed E-state index contributed by atoms with van der Waals surface area (Å²) < 4.78 is 0. The van der Waals surface area contributed by atoms with E-state index >= 15 is 0 Å². The summed E-state index contributed by atoms with van der Waals surface area (Å²) in [4.78, 5) is 26.4. The van der Waals surface area contributed by atoms with Gasteiger partial charge in [0.25, 0.3) is 0 Å². The third-order valence-corrected chi connectivity index (χ3v) is 4.54. The van der Waals surface area contributed by atoms with Crippen LogP contribution in [0.25, 0.3) is 0 Å². The van der Waals surface area contributed by atoms with Crippen LogP contribution in [-0.4, -0.2) is 11.8 Å². The van der Waals surface area contributed by atoms with E-state index in [0.29, 0.717) is 0 Å². The summed E-state index contributed by atoms with van der Waals surface area (Å²) >= 11 is 0. The standard InChI is InChI=1S/C19H17N2O2/c22-17-12-18(23)21(14-7-2-1-3-8-14)16-11-10-13-6-4-5-9-15(13)19(16)20-17/h2-3,7-8,10-11H,4-6,9,12H2,(H,20,22). The first-order valence-corrected chi connectivity index (χ1v) is 7.98. The number of anilines is 3. The topological polar surface area (TPSA) is 49.4 Å². The van der Waals surface area contributed by atoms with Crippen LogP contribution in [0.15, 0.2) is 36.4 Å². The van der Waals surface area contributed by atoms with Crippen LogP contribution in [0.1, 0.15) is 30.4 Å². The van der Waals surface area contributed by atoms with Crippen LogP contribution in [0.3, 0.4) is 0 Å². The van der Waals surface area contributed by atoms with E-state index in [-0.39, 0.29) is 18.2 Å². The summed E-state index contributed by atoms with van der Waals surface area (Å²) in [6.07, 6.45) is 4.14. The van der Waals surface area contributed by atoms with E-state index in [9.17, 15) is 9.59 Å². The van der Waals surface area contributed by atoms with E-state index in [0.717, 1.165) is 36.3 Å². The van der Waals surface area contributed by atoms with E-state index in [2.05, 4.69) is 17.4 Å². The summed E-state index contributed by atoms with van der Waals surface area (Å²) in [5.74, 6) is -0.441. The van der Waals surface area contributed by atoms with Crippen molar-refractivity contribution >= 4 is 28.9 Å². The zero-order valence-electron chi connectivity index (χ0n) is 12.8. The molecule has 1 heterocycles. The minimum Gasteiger partial charge on any atom is -0.324 e. The molecule has 2 amide bonds. The molecule has 0 saturated carbocycles. The molecule has 0 saturated heterocycles. The molecule has 1 radical (unpaired) electrons. The Kier molecular flexibility index (Phi) is 3.37. The third kappa shape index (κ3) is 2.40. The van der Waals surface area contributed by atoms with E-state index < -0.39 is 0 Å². The number of fused-ring (bicyclic) bond motifs is 3. The number of nitrogens with one attached hydrogen (secondary N) is 1. The molecule has 1 aliphatic heterocycles. The molecule has 23 heavy (non-hydrogen) atoms. The van der Waals surface area contributed by atoms with E-state index in [1.165, 1.54) is 17.5 Å². The van der Waals surface area contributed by atoms with Gasteiger partial charge in [-0.3, -0.25) is 14.5 Å². The number of rotatable bonds is 1. The average Bonchev–Trinajstić information content (AvgIpc) is 2.70. The van der Waals surface area contributed by atoms with Gasteiger partial charge in [-0.1, -0.05) is 18.2 Å². The summed E-state index contributed by atoms with van der Waals surface area (Å²) in [7, 11) is 0. The summed E-state index contributed by atoms with van der Waals surface area (Å²) in [5, 5.41) is 2.97. The van der Waals surface area contributed by atoms with E-state index in [4.69, 9.17) is 0 Å². The quantitative estimate of drug-likeness (QED) is 0.821. The number of benzene rings is 2. The molecule has 0 spiro atoms. The first kappa shape index (κ1) is 14.0. The molecule has 2 aromatic rings. The molecular weight excluding hydrogens is 288 g/mol. The first-order chi connectivity index (χ1) is 11.2. The van der Waals surface area contributed by atoms with Gasteiger partial charge in [-0.05, 0) is 61.1 Å². The van der Waals surface area contributed by atoms with Crippen molar-refractivity contribution in [1.29, 1.82) is 0 Å². The zero-order valence-corrected chi connectivity index (χ0v) is 12.8. The number of hydrogen-bond donors (Lipinski definition) is 1. The van der Waals surface area contributed by atoms with Gasteiger partial charge in [0.15, 0.2) is 0 Å². The first-order valence-electron chi connectivity index (χ1n) is 7.98. The van der Waals surface area contributed by atoms with Crippen molar-refractivity contribution in [3.05, 3.63) is 53.6 Å². The lowest BCUT2D eigenvalue weighted by molar-refractivity contribution is -0.124. The molecular formula is C19H17N2O2. The van der Waals surface area contributed by atoms with E-state index in [1.54, 1.807) is 17.0 Å². The Hall–Kier alpha value is -2.62. The molecule has 0 bridgehead atoms. The van der Waals surface area contributed by atoms with Crippen molar-refractivity contribution in [2.45, 2.75) is 32.1 Å². The van der Waals surface area contributed by atoms with Crippen LogP contribution >= 0.6 is 0 Å². The van der Waals surface area contributed by atoms with Crippen LogP contribution in [0.2, 0.25) is 0 Å². The Morgan fingerprint density at radius 1 is 1.00 bits per heavy atom. The highest BCUT2D eigenvalue weighted by Gasteiger charge is 2.30. The molecule has 1 N–H and O–H groups in total. The molecule has 1 aliphatic carbocycles. The normalized spacial score (nSPS) is 17.1. The largest absolute Gasteiger partial charge is 0.324 e. The molecule has 115 valence electrons. The summed E-state index contributed by atoms with van der Waals surface area (Å²) in [6, 6.07) is 14.3. The number of hydrogen-bond acceptors (Lipinski definition) is 2. The average molecular weight is 305 g/mol. The molecule has 0 unspecified atom stereocenters.